The van der Waals surface area contributed by atoms with Crippen LogP contribution in [0, 0.1) is 3.95 Å². The number of amides is 1. The number of benzene rings is 3. The van der Waals surface area contributed by atoms with E-state index in [2.05, 4.69) is 60.7 Å². The molecule has 9 nitrogen and oxygen atoms in total. The van der Waals surface area contributed by atoms with E-state index in [1.54, 1.807) is 10.9 Å². The third kappa shape index (κ3) is 7.94. The molecule has 1 aliphatic heterocycles. The summed E-state index contributed by atoms with van der Waals surface area (Å²) < 4.78 is 9.42. The second-order valence-corrected chi connectivity index (χ2v) is 12.5. The molecule has 1 fully saturated rings. The number of nitrogens with zero attached hydrogens (tertiary/aromatic N) is 5. The van der Waals surface area contributed by atoms with E-state index in [-0.39, 0.29) is 12.5 Å². The highest BCUT2D eigenvalue weighted by Gasteiger charge is 2.23. The van der Waals surface area contributed by atoms with Gasteiger partial charge in [-0.05, 0) is 41.5 Å². The Morgan fingerprint density at radius 1 is 0.977 bits per heavy atom. The predicted molar refractivity (Wildman–Crippen MR) is 172 cm³/mol. The lowest BCUT2D eigenvalue weighted by atomic mass is 10.1. The molecule has 0 saturated carbocycles. The first kappa shape index (κ1) is 29.2. The van der Waals surface area contributed by atoms with Gasteiger partial charge in [-0.15, -0.1) is 16.4 Å². The second kappa shape index (κ2) is 14.0. The van der Waals surface area contributed by atoms with Crippen LogP contribution >= 0.6 is 23.6 Å². The zero-order valence-corrected chi connectivity index (χ0v) is 25.5. The van der Waals surface area contributed by atoms with Crippen LogP contribution in [0.5, 0.6) is 5.75 Å². The molecule has 1 atom stereocenters. The summed E-state index contributed by atoms with van der Waals surface area (Å²) in [6.07, 6.45) is 2.32. The monoisotopic (exact) mass is 613 g/mol. The Balaban J connectivity index is 1.03. The topological polar surface area (TPSA) is 91.3 Å². The van der Waals surface area contributed by atoms with Crippen molar-refractivity contribution in [2.75, 3.05) is 39.3 Å². The number of hydrogen-bond donors (Lipinski definition) is 2. The molecule has 5 aromatic rings. The molecule has 11 heteroatoms. The Kier molecular flexibility index (Phi) is 9.53. The van der Waals surface area contributed by atoms with Gasteiger partial charge in [-0.3, -0.25) is 14.6 Å². The van der Waals surface area contributed by atoms with Gasteiger partial charge in [-0.25, -0.2) is 4.68 Å². The Hall–Kier alpha value is -3.90. The minimum Gasteiger partial charge on any atom is -0.487 e. The lowest BCUT2D eigenvalue weighted by molar-refractivity contribution is -0.124. The zero-order chi connectivity index (χ0) is 29.4. The number of thiazole rings is 1. The van der Waals surface area contributed by atoms with E-state index in [0.717, 1.165) is 64.8 Å². The molecular formula is C32H35N7O2S2. The smallest absolute Gasteiger partial charge is 0.245 e. The van der Waals surface area contributed by atoms with Crippen LogP contribution in [0.2, 0.25) is 0 Å². The van der Waals surface area contributed by atoms with E-state index in [9.17, 15) is 4.79 Å². The predicted octanol–water partition coefficient (Wildman–Crippen LogP) is 4.85. The van der Waals surface area contributed by atoms with Crippen LogP contribution in [-0.2, 0) is 24.4 Å². The molecular weight excluding hydrogens is 579 g/mol. The van der Waals surface area contributed by atoms with E-state index in [1.165, 1.54) is 16.9 Å². The number of carbonyl (C=O) groups is 1. The second-order valence-electron chi connectivity index (χ2n) is 10.8. The molecule has 2 N–H and O–H groups in total. The molecule has 0 unspecified atom stereocenters. The van der Waals surface area contributed by atoms with Crippen LogP contribution in [0.15, 0.2) is 85.1 Å². The Bertz CT molecular complexity index is 1680. The summed E-state index contributed by atoms with van der Waals surface area (Å²) in [6.45, 7) is 6.67. The molecule has 1 aliphatic rings. The van der Waals surface area contributed by atoms with Gasteiger partial charge in [0.1, 0.15) is 24.1 Å². The minimum absolute atomic E-state index is 0.0666. The normalized spacial score (nSPS) is 15.0. The number of H-pyrrole nitrogens is 1. The molecule has 6 rings (SSSR count). The number of aromatic amines is 1. The highest BCUT2D eigenvalue weighted by atomic mass is 32.1. The molecule has 222 valence electrons. The fraction of sp³-hybridized carbons (Fsp3) is 0.312. The molecule has 1 amide bonds. The van der Waals surface area contributed by atoms with E-state index in [1.807, 2.05) is 48.5 Å². The molecule has 3 aromatic carbocycles. The standard InChI is InChI=1S/C32H35N7O2S2/c40-31(33-13-14-37-15-17-38(18-16-37)21-25-9-5-2-6-10-25)29(19-24-7-3-1-4-8-24)39-22-26(35-36-39)23-41-27-11-12-28-30(20-27)43-32(42)34-28/h1-12,20,22,29H,13-19,21,23H2,(H,33,40)(H,34,42)/t29-/m0/s1. The zero-order valence-electron chi connectivity index (χ0n) is 23.9. The van der Waals surface area contributed by atoms with Gasteiger partial charge in [0.25, 0.3) is 0 Å². The summed E-state index contributed by atoms with van der Waals surface area (Å²) in [5, 5.41) is 11.8. The van der Waals surface area contributed by atoms with Crippen LogP contribution in [0.1, 0.15) is 22.9 Å². The van der Waals surface area contributed by atoms with Crippen LogP contribution in [0.25, 0.3) is 10.2 Å². The maximum absolute atomic E-state index is 13.5. The van der Waals surface area contributed by atoms with E-state index in [4.69, 9.17) is 17.0 Å². The molecule has 2 aromatic heterocycles. The fourth-order valence-corrected chi connectivity index (χ4v) is 6.46. The van der Waals surface area contributed by atoms with Crippen molar-refractivity contribution in [1.29, 1.82) is 0 Å². The Morgan fingerprint density at radius 3 is 2.47 bits per heavy atom. The van der Waals surface area contributed by atoms with Crippen LogP contribution in [-0.4, -0.2) is 75.0 Å². The molecule has 0 radical (unpaired) electrons. The highest BCUT2D eigenvalue weighted by molar-refractivity contribution is 7.73. The van der Waals surface area contributed by atoms with Gasteiger partial charge >= 0.3 is 0 Å². The third-order valence-electron chi connectivity index (χ3n) is 7.67. The number of ether oxygens (including phenoxy) is 1. The first-order valence-corrected chi connectivity index (χ1v) is 15.8. The summed E-state index contributed by atoms with van der Waals surface area (Å²) in [5.41, 5.74) is 4.06. The van der Waals surface area contributed by atoms with Crippen molar-refractivity contribution in [3.8, 4) is 5.75 Å². The van der Waals surface area contributed by atoms with Crippen LogP contribution in [0.3, 0.4) is 0 Å². The first-order valence-electron chi connectivity index (χ1n) is 14.6. The van der Waals surface area contributed by atoms with Crippen molar-refractivity contribution in [2.24, 2.45) is 0 Å². The Morgan fingerprint density at radius 2 is 1.70 bits per heavy atom. The van der Waals surface area contributed by atoms with Crippen molar-refractivity contribution >= 4 is 39.7 Å². The van der Waals surface area contributed by atoms with E-state index in [0.29, 0.717) is 18.7 Å². The quantitative estimate of drug-likeness (QED) is 0.195. The van der Waals surface area contributed by atoms with Gasteiger partial charge < -0.3 is 15.0 Å². The van der Waals surface area contributed by atoms with Crippen molar-refractivity contribution in [3.05, 3.63) is 106 Å². The molecule has 3 heterocycles. The van der Waals surface area contributed by atoms with Crippen molar-refractivity contribution in [1.82, 2.24) is 35.1 Å². The summed E-state index contributed by atoms with van der Waals surface area (Å²) in [5.74, 6) is 0.662. The first-order chi connectivity index (χ1) is 21.1. The van der Waals surface area contributed by atoms with Gasteiger partial charge in [-0.2, -0.15) is 0 Å². The van der Waals surface area contributed by atoms with Gasteiger partial charge in [0.05, 0.1) is 16.4 Å². The van der Waals surface area contributed by atoms with Crippen LogP contribution in [0.4, 0.5) is 0 Å². The van der Waals surface area contributed by atoms with Gasteiger partial charge in [-0.1, -0.05) is 65.9 Å². The number of aromatic nitrogens is 4. The number of nitrogens with one attached hydrogen (secondary N) is 2. The summed E-state index contributed by atoms with van der Waals surface area (Å²) >= 11 is 6.75. The maximum atomic E-state index is 13.5. The number of carbonyl (C=O) groups excluding carboxylic acids is 1. The van der Waals surface area contributed by atoms with Crippen molar-refractivity contribution in [3.63, 3.8) is 0 Å². The highest BCUT2D eigenvalue weighted by Crippen LogP contribution is 2.25. The van der Waals surface area contributed by atoms with Gasteiger partial charge in [0.15, 0.2) is 3.95 Å². The molecule has 1 saturated heterocycles. The van der Waals surface area contributed by atoms with Gasteiger partial charge in [0, 0.05) is 52.2 Å². The molecule has 0 spiro atoms. The largest absolute Gasteiger partial charge is 0.487 e. The third-order valence-corrected chi connectivity index (χ3v) is 8.87. The summed E-state index contributed by atoms with van der Waals surface area (Å²) in [7, 11) is 0. The average molecular weight is 614 g/mol. The SMILES string of the molecule is O=C(NCCN1CCN(Cc2ccccc2)CC1)[C@H](Cc1ccccc1)n1cc(COc2ccc3[nH]c(=S)sc3c2)nn1. The number of rotatable bonds is 12. The molecule has 43 heavy (non-hydrogen) atoms. The maximum Gasteiger partial charge on any atom is 0.245 e. The fourth-order valence-electron chi connectivity index (χ4n) is 5.32. The lowest BCUT2D eigenvalue weighted by Gasteiger charge is -2.34. The van der Waals surface area contributed by atoms with Crippen LogP contribution < -0.4 is 10.1 Å². The summed E-state index contributed by atoms with van der Waals surface area (Å²) in [4.78, 5) is 21.6. The lowest BCUT2D eigenvalue weighted by Crippen LogP contribution is -2.48. The van der Waals surface area contributed by atoms with Gasteiger partial charge in [0.2, 0.25) is 5.91 Å². The minimum atomic E-state index is -0.519. The van der Waals surface area contributed by atoms with E-state index >= 15 is 0 Å². The van der Waals surface area contributed by atoms with E-state index < -0.39 is 6.04 Å². The number of piperazine rings is 1. The number of hydrogen-bond acceptors (Lipinski definition) is 8. The van der Waals surface area contributed by atoms with Crippen molar-refractivity contribution < 1.29 is 9.53 Å². The van der Waals surface area contributed by atoms with Crippen molar-refractivity contribution in [2.45, 2.75) is 25.6 Å². The molecule has 0 aliphatic carbocycles. The number of fused-ring (bicyclic) bond motifs is 1. The molecule has 0 bridgehead atoms. The average Bonchev–Trinajstić information content (AvgIpc) is 3.66. The summed E-state index contributed by atoms with van der Waals surface area (Å²) in [6, 6.07) is 25.9. The Labute approximate surface area is 260 Å².